The van der Waals surface area contributed by atoms with Gasteiger partial charge in [-0.15, -0.1) is 12.4 Å². The van der Waals surface area contributed by atoms with Gasteiger partial charge in [-0.1, -0.05) is 0 Å². The first kappa shape index (κ1) is 17.5. The average molecular weight is 297 g/mol. The van der Waals surface area contributed by atoms with E-state index in [4.69, 9.17) is 0 Å². The summed E-state index contributed by atoms with van der Waals surface area (Å²) >= 11 is 1.84. The second-order valence-corrected chi connectivity index (χ2v) is 5.74. The molecule has 1 fully saturated rings. The van der Waals surface area contributed by atoms with Crippen LogP contribution in [-0.2, 0) is 14.3 Å². The molecule has 1 unspecified atom stereocenters. The van der Waals surface area contributed by atoms with Gasteiger partial charge in [-0.25, -0.2) is 4.79 Å². The molecule has 1 saturated heterocycles. The Hall–Kier alpha value is -0.460. The molecule has 0 spiro atoms. The highest BCUT2D eigenvalue weighted by atomic mass is 35.5. The minimum atomic E-state index is -0.965. The topological polar surface area (TPSA) is 67.4 Å². The van der Waals surface area contributed by atoms with E-state index in [2.05, 4.69) is 15.4 Å². The fourth-order valence-electron chi connectivity index (χ4n) is 1.68. The van der Waals surface area contributed by atoms with Crippen LogP contribution in [0.5, 0.6) is 0 Å². The van der Waals surface area contributed by atoms with Gasteiger partial charge in [0.05, 0.1) is 7.11 Å². The van der Waals surface area contributed by atoms with Crippen molar-refractivity contribution in [1.82, 2.24) is 10.6 Å². The van der Waals surface area contributed by atoms with Gasteiger partial charge in [0.25, 0.3) is 0 Å². The number of rotatable bonds is 4. The Labute approximate surface area is 118 Å². The number of hydrogen-bond acceptors (Lipinski definition) is 5. The van der Waals surface area contributed by atoms with Crippen LogP contribution in [0.4, 0.5) is 0 Å². The second-order valence-electron chi connectivity index (χ2n) is 4.59. The number of hydrogen-bond donors (Lipinski definition) is 2. The third kappa shape index (κ3) is 5.46. The van der Waals surface area contributed by atoms with E-state index in [1.807, 2.05) is 11.8 Å². The van der Waals surface area contributed by atoms with E-state index in [1.54, 1.807) is 13.8 Å². The van der Waals surface area contributed by atoms with Crippen molar-refractivity contribution in [1.29, 1.82) is 0 Å². The lowest BCUT2D eigenvalue weighted by Crippen LogP contribution is -2.52. The van der Waals surface area contributed by atoms with Crippen molar-refractivity contribution >= 4 is 36.0 Å². The van der Waals surface area contributed by atoms with E-state index >= 15 is 0 Å². The summed E-state index contributed by atoms with van der Waals surface area (Å²) in [4.78, 5) is 23.2. The zero-order valence-corrected chi connectivity index (χ0v) is 12.6. The van der Waals surface area contributed by atoms with E-state index in [-0.39, 0.29) is 24.4 Å². The number of carbonyl (C=O) groups excluding carboxylic acids is 2. The van der Waals surface area contributed by atoms with Gasteiger partial charge in [-0.05, 0) is 13.8 Å². The molecular weight excluding hydrogens is 276 g/mol. The van der Waals surface area contributed by atoms with Crippen LogP contribution in [0.1, 0.15) is 20.3 Å². The van der Waals surface area contributed by atoms with Crippen molar-refractivity contribution in [3.05, 3.63) is 0 Å². The second kappa shape index (κ2) is 7.86. The molecule has 0 saturated carbocycles. The molecule has 106 valence electrons. The van der Waals surface area contributed by atoms with Gasteiger partial charge >= 0.3 is 5.97 Å². The van der Waals surface area contributed by atoms with Crippen molar-refractivity contribution in [2.75, 3.05) is 25.2 Å². The number of esters is 1. The SMILES string of the molecule is COC(=O)C(C)(C)NC(=O)CC1CSCCN1.Cl. The molecule has 1 heterocycles. The Morgan fingerprint density at radius 1 is 1.50 bits per heavy atom. The number of nitrogens with one attached hydrogen (secondary N) is 2. The summed E-state index contributed by atoms with van der Waals surface area (Å²) in [6.45, 7) is 4.21. The van der Waals surface area contributed by atoms with Crippen LogP contribution in [0.3, 0.4) is 0 Å². The zero-order chi connectivity index (χ0) is 12.9. The molecule has 0 aliphatic carbocycles. The Kier molecular flexibility index (Phi) is 7.66. The zero-order valence-electron chi connectivity index (χ0n) is 10.9. The number of halogens is 1. The fourth-order valence-corrected chi connectivity index (χ4v) is 2.63. The van der Waals surface area contributed by atoms with Crippen molar-refractivity contribution in [2.24, 2.45) is 0 Å². The monoisotopic (exact) mass is 296 g/mol. The lowest BCUT2D eigenvalue weighted by atomic mass is 10.1. The van der Waals surface area contributed by atoms with Gasteiger partial charge in [0.2, 0.25) is 5.91 Å². The summed E-state index contributed by atoms with van der Waals surface area (Å²) in [5.41, 5.74) is -0.965. The smallest absolute Gasteiger partial charge is 0.330 e. The highest BCUT2D eigenvalue weighted by Crippen LogP contribution is 2.11. The van der Waals surface area contributed by atoms with E-state index in [0.29, 0.717) is 6.42 Å². The molecule has 0 aromatic rings. The third-order valence-corrected chi connectivity index (χ3v) is 3.71. The summed E-state index contributed by atoms with van der Waals surface area (Å²) in [5.74, 6) is 1.47. The van der Waals surface area contributed by atoms with E-state index < -0.39 is 11.5 Å². The number of thioether (sulfide) groups is 1. The molecule has 1 rings (SSSR count). The minimum absolute atomic E-state index is 0. The van der Waals surface area contributed by atoms with Gasteiger partial charge in [-0.2, -0.15) is 11.8 Å². The number of carbonyl (C=O) groups is 2. The maximum absolute atomic E-state index is 11.8. The van der Waals surface area contributed by atoms with Gasteiger partial charge in [-0.3, -0.25) is 4.79 Å². The molecule has 1 atom stereocenters. The summed E-state index contributed by atoms with van der Waals surface area (Å²) in [6.07, 6.45) is 0.396. The summed E-state index contributed by atoms with van der Waals surface area (Å²) in [6, 6.07) is 0.196. The predicted molar refractivity (Wildman–Crippen MR) is 75.2 cm³/mol. The maximum atomic E-state index is 11.8. The molecule has 0 bridgehead atoms. The Morgan fingerprint density at radius 2 is 2.17 bits per heavy atom. The first-order chi connectivity index (χ1) is 7.95. The number of amides is 1. The third-order valence-electron chi connectivity index (χ3n) is 2.58. The summed E-state index contributed by atoms with van der Waals surface area (Å²) in [5, 5.41) is 5.97. The molecule has 0 aromatic heterocycles. The number of methoxy groups -OCH3 is 1. The first-order valence-electron chi connectivity index (χ1n) is 5.66. The van der Waals surface area contributed by atoms with Crippen molar-refractivity contribution < 1.29 is 14.3 Å². The Balaban J connectivity index is 0.00000289. The highest BCUT2D eigenvalue weighted by molar-refractivity contribution is 7.99. The Morgan fingerprint density at radius 3 is 2.67 bits per heavy atom. The van der Waals surface area contributed by atoms with Crippen molar-refractivity contribution in [2.45, 2.75) is 31.8 Å². The molecule has 2 N–H and O–H groups in total. The molecule has 1 aliphatic rings. The lowest BCUT2D eigenvalue weighted by molar-refractivity contribution is -0.149. The molecule has 1 amide bonds. The van der Waals surface area contributed by atoms with E-state index in [0.717, 1.165) is 18.1 Å². The van der Waals surface area contributed by atoms with Gasteiger partial charge in [0, 0.05) is 30.5 Å². The van der Waals surface area contributed by atoms with Crippen LogP contribution in [0.2, 0.25) is 0 Å². The average Bonchev–Trinajstić information content (AvgIpc) is 2.28. The first-order valence-corrected chi connectivity index (χ1v) is 6.81. The Bertz CT molecular complexity index is 294. The van der Waals surface area contributed by atoms with Crippen LogP contribution in [0.25, 0.3) is 0 Å². The normalized spacial score (nSPS) is 19.6. The van der Waals surface area contributed by atoms with Gasteiger partial charge in [0.1, 0.15) is 5.54 Å². The van der Waals surface area contributed by atoms with Gasteiger partial charge < -0.3 is 15.4 Å². The largest absolute Gasteiger partial charge is 0.467 e. The molecule has 0 radical (unpaired) electrons. The van der Waals surface area contributed by atoms with Gasteiger partial charge in [0.15, 0.2) is 0 Å². The van der Waals surface area contributed by atoms with E-state index in [1.165, 1.54) is 7.11 Å². The fraction of sp³-hybridized carbons (Fsp3) is 0.818. The van der Waals surface area contributed by atoms with Crippen LogP contribution >= 0.6 is 24.2 Å². The van der Waals surface area contributed by atoms with Crippen molar-refractivity contribution in [3.8, 4) is 0 Å². The quantitative estimate of drug-likeness (QED) is 0.743. The minimum Gasteiger partial charge on any atom is -0.467 e. The van der Waals surface area contributed by atoms with Crippen LogP contribution in [-0.4, -0.2) is 48.6 Å². The molecule has 0 aromatic carbocycles. The van der Waals surface area contributed by atoms with Crippen LogP contribution in [0.15, 0.2) is 0 Å². The van der Waals surface area contributed by atoms with Crippen LogP contribution in [0, 0.1) is 0 Å². The molecule has 1 aliphatic heterocycles. The molecule has 7 heteroatoms. The lowest BCUT2D eigenvalue weighted by Gasteiger charge is -2.26. The molecule has 18 heavy (non-hydrogen) atoms. The van der Waals surface area contributed by atoms with Crippen LogP contribution < -0.4 is 10.6 Å². The predicted octanol–water partition coefficient (Wildman–Crippen LogP) is 0.571. The number of ether oxygens (including phenoxy) is 1. The molecule has 5 nitrogen and oxygen atoms in total. The summed E-state index contributed by atoms with van der Waals surface area (Å²) in [7, 11) is 1.32. The van der Waals surface area contributed by atoms with E-state index in [9.17, 15) is 9.59 Å². The standard InChI is InChI=1S/C11H20N2O3S.ClH/c1-11(2,10(15)16-3)13-9(14)6-8-7-17-5-4-12-8;/h8,12H,4-7H2,1-3H3,(H,13,14);1H. The summed E-state index contributed by atoms with van der Waals surface area (Å²) < 4.78 is 4.63. The van der Waals surface area contributed by atoms with Crippen molar-refractivity contribution in [3.63, 3.8) is 0 Å². The highest BCUT2D eigenvalue weighted by Gasteiger charge is 2.31. The molecular formula is C11H21ClN2O3S. The maximum Gasteiger partial charge on any atom is 0.330 e.